The lowest BCUT2D eigenvalue weighted by molar-refractivity contribution is 0.619. The van der Waals surface area contributed by atoms with Gasteiger partial charge in [0.25, 0.3) is 0 Å². The van der Waals surface area contributed by atoms with Crippen LogP contribution in [0.25, 0.3) is 269 Å². The molecule has 0 atom stereocenters. The Morgan fingerprint density at radius 2 is 0.384 bits per heavy atom. The van der Waals surface area contributed by atoms with Gasteiger partial charge in [-0.25, -0.2) is 44.9 Å². The van der Waals surface area contributed by atoms with Gasteiger partial charge in [-0.3, -0.25) is 0 Å². The van der Waals surface area contributed by atoms with E-state index in [-0.39, 0.29) is 0 Å². The molecule has 0 fully saturated rings. The third kappa shape index (κ3) is 15.7. The number of fused-ring (bicyclic) bond motifs is 12. The number of furan rings is 3. The topological polar surface area (TPSA) is 195 Å². The van der Waals surface area contributed by atoms with E-state index >= 15 is 0 Å². The lowest BCUT2D eigenvalue weighted by Crippen LogP contribution is -1.96. The van der Waals surface area contributed by atoms with Gasteiger partial charge in [-0.05, 0) is 173 Å². The standard InChI is InChI=1S/C47H29N3O2.C41H25N3O2.C35H21N3O2/c1-3-11-30(12-4-1)32-21-23-33(24-22-32)40-29-41(35-16-9-15-34(27-35)31-13-5-2-6-14-31)49-46(48-40)37-17-10-20-44-45(37)38-28-36(25-26-42(38)51-44)47-50-39-18-7-8-19-43(39)52-47;1-3-11-26(12-4-1)28-15-9-16-29(23-28)35-25-34(27-13-5-2-6-14-27)42-40(43-35)31-17-10-20-38-39(31)32-24-30(21-22-36(32)45-38)41-44-33-18-7-8-19-37(33)46-41;1-3-10-22(11-4-1)28-21-29(37-34(36-28)23-12-5-2-6-13-23)25-14-9-17-32-33(25)26-20-24(18-19-30(26)39-32)35-38-27-15-7-8-16-31(27)40-35/h1-29H;1-25H;1-21H. The molecule has 27 rings (SSSR count). The highest BCUT2D eigenvalue weighted by Gasteiger charge is 2.25. The number of rotatable bonds is 15. The molecule has 18 aromatic carbocycles. The van der Waals surface area contributed by atoms with Crippen LogP contribution in [0, 0.1) is 0 Å². The van der Waals surface area contributed by atoms with Crippen molar-refractivity contribution in [3.05, 3.63) is 455 Å². The fraction of sp³-hybridized carbons (Fsp3) is 0. The highest BCUT2D eigenvalue weighted by molar-refractivity contribution is 6.16. The molecule has 0 bridgehead atoms. The molecule has 0 amide bonds. The van der Waals surface area contributed by atoms with E-state index in [2.05, 4.69) is 224 Å². The van der Waals surface area contributed by atoms with Crippen molar-refractivity contribution in [3.8, 4) is 169 Å². The molecule has 9 heterocycles. The second kappa shape index (κ2) is 35.0. The summed E-state index contributed by atoms with van der Waals surface area (Å²) in [5, 5.41) is 5.75. The molecule has 0 N–H and O–H groups in total. The van der Waals surface area contributed by atoms with Crippen LogP contribution in [0.2, 0.25) is 0 Å². The van der Waals surface area contributed by atoms with Gasteiger partial charge >= 0.3 is 0 Å². The maximum Gasteiger partial charge on any atom is 0.227 e. The van der Waals surface area contributed by atoms with Crippen molar-refractivity contribution in [2.75, 3.05) is 0 Å². The monoisotopic (exact) mass is 1770 g/mol. The summed E-state index contributed by atoms with van der Waals surface area (Å²) in [6.45, 7) is 0. The molecule has 0 aliphatic rings. The van der Waals surface area contributed by atoms with E-state index in [1.165, 1.54) is 5.56 Å². The molecule has 0 aliphatic carbocycles. The Morgan fingerprint density at radius 3 is 0.768 bits per heavy atom. The minimum atomic E-state index is 0.563. The third-order valence-electron chi connectivity index (χ3n) is 25.0. The summed E-state index contributed by atoms with van der Waals surface area (Å²) in [6, 6.07) is 153. The molecule has 138 heavy (non-hydrogen) atoms. The molecule has 648 valence electrons. The molecular weight excluding hydrogens is 1700 g/mol. The first-order chi connectivity index (χ1) is 68.3. The second-order valence-electron chi connectivity index (χ2n) is 33.8. The first-order valence-electron chi connectivity index (χ1n) is 45.6. The molecular formula is C123H75N9O6. The lowest BCUT2D eigenvalue weighted by Gasteiger charge is -2.12. The molecule has 27 aromatic rings. The minimum absolute atomic E-state index is 0.563. The van der Waals surface area contributed by atoms with Gasteiger partial charge < -0.3 is 26.5 Å². The van der Waals surface area contributed by atoms with E-state index < -0.39 is 0 Å². The summed E-state index contributed by atoms with van der Waals surface area (Å²) in [5.41, 5.74) is 32.8. The van der Waals surface area contributed by atoms with Crippen LogP contribution in [-0.4, -0.2) is 44.9 Å². The zero-order valence-corrected chi connectivity index (χ0v) is 73.8. The van der Waals surface area contributed by atoms with Crippen LogP contribution in [0.15, 0.2) is 481 Å². The molecule has 9 aromatic heterocycles. The van der Waals surface area contributed by atoms with Gasteiger partial charge in [0.1, 0.15) is 50.0 Å². The predicted octanol–water partition coefficient (Wildman–Crippen LogP) is 32.6. The van der Waals surface area contributed by atoms with Crippen LogP contribution in [-0.2, 0) is 0 Å². The average molecular weight is 1780 g/mol. The lowest BCUT2D eigenvalue weighted by atomic mass is 9.99. The Labute approximate surface area is 789 Å². The van der Waals surface area contributed by atoms with Gasteiger partial charge in [0.2, 0.25) is 17.7 Å². The molecule has 0 spiro atoms. The number of hydrogen-bond donors (Lipinski definition) is 0. The highest BCUT2D eigenvalue weighted by atomic mass is 16.4. The van der Waals surface area contributed by atoms with E-state index in [4.69, 9.17) is 71.4 Å². The Morgan fingerprint density at radius 1 is 0.130 bits per heavy atom. The summed E-state index contributed by atoms with van der Waals surface area (Å²) in [4.78, 5) is 45.1. The Hall–Kier alpha value is -19.0. The van der Waals surface area contributed by atoms with Gasteiger partial charge in [-0.2, -0.15) is 0 Å². The first-order valence-corrected chi connectivity index (χ1v) is 45.6. The van der Waals surface area contributed by atoms with E-state index in [1.807, 2.05) is 231 Å². The van der Waals surface area contributed by atoms with E-state index in [9.17, 15) is 0 Å². The van der Waals surface area contributed by atoms with Crippen molar-refractivity contribution in [3.63, 3.8) is 0 Å². The zero-order chi connectivity index (χ0) is 91.4. The molecule has 15 nitrogen and oxygen atoms in total. The van der Waals surface area contributed by atoms with Gasteiger partial charge in [0.05, 0.1) is 34.2 Å². The van der Waals surface area contributed by atoms with Crippen LogP contribution in [0.1, 0.15) is 0 Å². The summed E-state index contributed by atoms with van der Waals surface area (Å²) >= 11 is 0. The first kappa shape index (κ1) is 81.0. The van der Waals surface area contributed by atoms with Crippen molar-refractivity contribution in [2.24, 2.45) is 0 Å². The van der Waals surface area contributed by atoms with Crippen molar-refractivity contribution in [1.82, 2.24) is 44.9 Å². The molecule has 0 aliphatic heterocycles. The predicted molar refractivity (Wildman–Crippen MR) is 552 cm³/mol. The fourth-order valence-corrected chi connectivity index (χ4v) is 18.3. The summed E-state index contributed by atoms with van der Waals surface area (Å²) in [5.74, 6) is 3.63. The maximum absolute atomic E-state index is 6.41. The molecule has 0 radical (unpaired) electrons. The smallest absolute Gasteiger partial charge is 0.227 e. The van der Waals surface area contributed by atoms with Crippen LogP contribution >= 0.6 is 0 Å². The number of para-hydroxylation sites is 6. The quantitative estimate of drug-likeness (QED) is 0.0939. The van der Waals surface area contributed by atoms with E-state index in [0.29, 0.717) is 35.1 Å². The molecule has 0 saturated heterocycles. The van der Waals surface area contributed by atoms with Crippen LogP contribution in [0.4, 0.5) is 0 Å². The summed E-state index contributed by atoms with van der Waals surface area (Å²) < 4.78 is 37.4. The van der Waals surface area contributed by atoms with Crippen molar-refractivity contribution < 1.29 is 26.5 Å². The van der Waals surface area contributed by atoms with Crippen molar-refractivity contribution in [1.29, 1.82) is 0 Å². The van der Waals surface area contributed by atoms with E-state index in [1.54, 1.807) is 0 Å². The van der Waals surface area contributed by atoms with Gasteiger partial charge in [0.15, 0.2) is 34.2 Å². The van der Waals surface area contributed by atoms with E-state index in [0.717, 1.165) is 228 Å². The second-order valence-corrected chi connectivity index (χ2v) is 33.8. The Kier molecular flexibility index (Phi) is 20.5. The number of benzene rings is 18. The van der Waals surface area contributed by atoms with Crippen molar-refractivity contribution in [2.45, 2.75) is 0 Å². The maximum atomic E-state index is 6.41. The Bertz CT molecular complexity index is 9120. The van der Waals surface area contributed by atoms with Crippen LogP contribution in [0.3, 0.4) is 0 Å². The van der Waals surface area contributed by atoms with Gasteiger partial charge in [-0.1, -0.05) is 315 Å². The summed E-state index contributed by atoms with van der Waals surface area (Å²) in [7, 11) is 0. The number of hydrogen-bond acceptors (Lipinski definition) is 15. The molecule has 0 unspecified atom stereocenters. The van der Waals surface area contributed by atoms with Crippen LogP contribution in [0.5, 0.6) is 0 Å². The molecule has 15 heteroatoms. The van der Waals surface area contributed by atoms with Crippen LogP contribution < -0.4 is 0 Å². The minimum Gasteiger partial charge on any atom is -0.456 e. The van der Waals surface area contributed by atoms with Crippen molar-refractivity contribution >= 4 is 99.1 Å². The average Bonchev–Trinajstić information content (AvgIpc) is 1.56. The van der Waals surface area contributed by atoms with Gasteiger partial charge in [-0.15, -0.1) is 0 Å². The number of nitrogens with zero attached hydrogens (tertiary/aromatic N) is 9. The number of oxazole rings is 3. The SMILES string of the molecule is c1ccc(-c2cc(-c3cccc4oc5ccc(-c6nc7ccccc7o6)cc5c34)nc(-c3ccccc3)n2)cc1.c1ccc(-c2ccc(-c3cc(-c4cccc(-c5ccccc5)c4)nc(-c4cccc5oc6ccc(-c7nc8ccccc8o7)cc6c45)n3)cc2)cc1.c1ccc(-c2cccc(-c3cc(-c4ccccc4)nc(-c4cccc5oc6ccc(-c7nc8ccccc8o7)cc6c45)n3)c2)cc1. The summed E-state index contributed by atoms with van der Waals surface area (Å²) in [6.07, 6.45) is 0. The Balaban J connectivity index is 0.000000111. The zero-order valence-electron chi connectivity index (χ0n) is 73.8. The number of aromatic nitrogens is 9. The molecule has 0 saturated carbocycles. The normalized spacial score (nSPS) is 11.5. The fourth-order valence-electron chi connectivity index (χ4n) is 18.3. The highest BCUT2D eigenvalue weighted by Crippen LogP contribution is 2.46. The largest absolute Gasteiger partial charge is 0.456 e. The van der Waals surface area contributed by atoms with Gasteiger partial charge in [0, 0.05) is 99.1 Å². The third-order valence-corrected chi connectivity index (χ3v) is 25.0.